The maximum absolute atomic E-state index is 13.9. The Morgan fingerprint density at radius 1 is 0.814 bits per heavy atom. The number of esters is 2. The maximum atomic E-state index is 13.9. The molecule has 19 heteroatoms. The molecular formula is C40H50N2O13S4. The van der Waals surface area contributed by atoms with Crippen LogP contribution in [0.15, 0.2) is 98.8 Å². The Morgan fingerprint density at radius 3 is 2.02 bits per heavy atom. The molecule has 2 heterocycles. The molecule has 1 aliphatic carbocycles. The van der Waals surface area contributed by atoms with Gasteiger partial charge in [-0.2, -0.15) is 25.3 Å². The first kappa shape index (κ1) is 46.1. The highest BCUT2D eigenvalue weighted by atomic mass is 32.2. The lowest BCUT2D eigenvalue weighted by Gasteiger charge is -2.44. The number of benzene rings is 2. The fourth-order valence-electron chi connectivity index (χ4n) is 7.81. The van der Waals surface area contributed by atoms with Gasteiger partial charge >= 0.3 is 11.9 Å². The summed E-state index contributed by atoms with van der Waals surface area (Å²) in [4.78, 5) is 32.2. The lowest BCUT2D eigenvalue weighted by molar-refractivity contribution is -0.172. The summed E-state index contributed by atoms with van der Waals surface area (Å²) >= 11 is 1.45. The van der Waals surface area contributed by atoms with Gasteiger partial charge in [-0.3, -0.25) is 23.2 Å². The van der Waals surface area contributed by atoms with Crippen LogP contribution in [0.2, 0.25) is 0 Å². The Labute approximate surface area is 350 Å². The van der Waals surface area contributed by atoms with Crippen LogP contribution in [-0.2, 0) is 54.8 Å². The van der Waals surface area contributed by atoms with Gasteiger partial charge in [-0.05, 0) is 99.6 Å². The average molecular weight is 895 g/mol. The average Bonchev–Trinajstić information content (AvgIpc) is 3.57. The molecule has 1 unspecified atom stereocenters. The molecule has 5 rings (SSSR count). The van der Waals surface area contributed by atoms with Crippen molar-refractivity contribution in [3.8, 4) is 0 Å². The van der Waals surface area contributed by atoms with Crippen molar-refractivity contribution < 1.29 is 58.0 Å². The van der Waals surface area contributed by atoms with E-state index in [9.17, 15) is 48.5 Å². The molecular weight excluding hydrogens is 845 g/mol. The summed E-state index contributed by atoms with van der Waals surface area (Å²) in [6.45, 7) is 9.30. The fraction of sp³-hybridized carbons (Fsp3) is 0.450. The molecule has 2 aliphatic heterocycles. The van der Waals surface area contributed by atoms with Crippen molar-refractivity contribution in [2.75, 3.05) is 47.6 Å². The third kappa shape index (κ3) is 10.1. The van der Waals surface area contributed by atoms with Crippen LogP contribution in [0.1, 0.15) is 65.9 Å². The van der Waals surface area contributed by atoms with E-state index in [-0.39, 0.29) is 56.9 Å². The SMILES string of the molecule is CCOC(=O)C1(C(=O)OCC)CC(/C=C/C2(C)N(CCCS(=O)(=O)O)c3ccc(S(=O)(=O)O)cc3C2(C)C)=CC(=C/C=C2\Sc3ccccc3N2CCCS(=O)(=O)O)/C1. The molecule has 59 heavy (non-hydrogen) atoms. The van der Waals surface area contributed by atoms with Gasteiger partial charge in [-0.1, -0.05) is 62.0 Å². The molecule has 1 atom stereocenters. The minimum atomic E-state index is -4.58. The summed E-state index contributed by atoms with van der Waals surface area (Å²) in [5.74, 6) is -2.49. The number of anilines is 2. The topological polar surface area (TPSA) is 222 Å². The Balaban J connectivity index is 1.62. The van der Waals surface area contributed by atoms with Gasteiger partial charge in [0.15, 0.2) is 5.41 Å². The second kappa shape index (κ2) is 17.6. The molecule has 3 aliphatic rings. The summed E-state index contributed by atoms with van der Waals surface area (Å²) < 4.78 is 111. The zero-order valence-electron chi connectivity index (χ0n) is 33.5. The van der Waals surface area contributed by atoms with Crippen molar-refractivity contribution in [2.45, 2.75) is 81.0 Å². The van der Waals surface area contributed by atoms with Crippen LogP contribution in [0.3, 0.4) is 0 Å². The predicted octanol–water partition coefficient (Wildman–Crippen LogP) is 6.11. The number of fused-ring (bicyclic) bond motifs is 2. The van der Waals surface area contributed by atoms with Gasteiger partial charge < -0.3 is 19.3 Å². The minimum absolute atomic E-state index is 0.0000201. The number of hydrogen-bond donors (Lipinski definition) is 3. The van der Waals surface area contributed by atoms with E-state index in [1.807, 2.05) is 73.1 Å². The van der Waals surface area contributed by atoms with Gasteiger partial charge in [-0.25, -0.2) is 0 Å². The Morgan fingerprint density at radius 2 is 1.42 bits per heavy atom. The van der Waals surface area contributed by atoms with Gasteiger partial charge in [-0.15, -0.1) is 0 Å². The standard InChI is InChI=1S/C40H50N2O13S4/c1-6-54-36(43)40(37(44)55-7-2)26-28(14-17-35-41(20-10-22-57(45,46)47)33-12-8-9-13-34(33)56-35)24-29(27-40)18-19-39(5)38(3,4)31-25-30(59(51,52)53)15-16-32(31)42(39)21-11-23-58(48,49)50/h8-9,12-19,24-25H,6-7,10-11,20-23,26-27H2,1-5H3,(H,45,46,47)(H,48,49,50)(H,51,52,53)/b19-18+,28-14-,35-17-. The molecule has 0 saturated carbocycles. The molecule has 0 amide bonds. The van der Waals surface area contributed by atoms with E-state index in [0.717, 1.165) is 15.6 Å². The second-order valence-electron chi connectivity index (χ2n) is 15.3. The van der Waals surface area contributed by atoms with Crippen molar-refractivity contribution in [3.05, 3.63) is 94.6 Å². The first-order valence-corrected chi connectivity index (χ1v) is 24.4. The van der Waals surface area contributed by atoms with Crippen LogP contribution < -0.4 is 9.80 Å². The normalized spacial score (nSPS) is 21.5. The lowest BCUT2D eigenvalue weighted by atomic mass is 9.69. The molecule has 0 fully saturated rings. The molecule has 15 nitrogen and oxygen atoms in total. The Hall–Kier alpha value is -3.98. The smallest absolute Gasteiger partial charge is 0.324 e. The summed E-state index contributed by atoms with van der Waals surface area (Å²) in [5, 5.41) is 0.741. The highest BCUT2D eigenvalue weighted by Crippen LogP contribution is 2.54. The first-order chi connectivity index (χ1) is 27.5. The van der Waals surface area contributed by atoms with Crippen LogP contribution >= 0.6 is 11.8 Å². The molecule has 0 aromatic heterocycles. The molecule has 2 aromatic carbocycles. The predicted molar refractivity (Wildman–Crippen MR) is 225 cm³/mol. The Kier molecular flexibility index (Phi) is 13.7. The van der Waals surface area contributed by atoms with Crippen molar-refractivity contribution >= 4 is 65.4 Å². The fourth-order valence-corrected chi connectivity index (χ4v) is 10.4. The van der Waals surface area contributed by atoms with Crippen molar-refractivity contribution in [3.63, 3.8) is 0 Å². The van der Waals surface area contributed by atoms with E-state index >= 15 is 0 Å². The molecule has 3 N–H and O–H groups in total. The van der Waals surface area contributed by atoms with E-state index in [4.69, 9.17) is 9.47 Å². The summed E-state index contributed by atoms with van der Waals surface area (Å²) in [6, 6.07) is 11.8. The number of thioether (sulfide) groups is 1. The number of allylic oxidation sites excluding steroid dienone is 6. The zero-order chi connectivity index (χ0) is 43.6. The number of rotatable bonds is 16. The number of hydrogen-bond acceptors (Lipinski definition) is 13. The summed E-state index contributed by atoms with van der Waals surface area (Å²) in [7, 11) is -13.1. The van der Waals surface area contributed by atoms with Crippen molar-refractivity contribution in [2.24, 2.45) is 5.41 Å². The molecule has 0 saturated heterocycles. The summed E-state index contributed by atoms with van der Waals surface area (Å²) in [6.07, 6.45) is 9.05. The molecule has 0 spiro atoms. The highest BCUT2D eigenvalue weighted by molar-refractivity contribution is 8.03. The van der Waals surface area contributed by atoms with Crippen LogP contribution in [0.5, 0.6) is 0 Å². The van der Waals surface area contributed by atoms with Gasteiger partial charge in [0.2, 0.25) is 0 Å². The van der Waals surface area contributed by atoms with Crippen LogP contribution in [0.4, 0.5) is 11.4 Å². The quantitative estimate of drug-likeness (QED) is 0.0982. The van der Waals surface area contributed by atoms with E-state index in [0.29, 0.717) is 22.4 Å². The highest BCUT2D eigenvalue weighted by Gasteiger charge is 2.54. The van der Waals surface area contributed by atoms with E-state index in [2.05, 4.69) is 0 Å². The van der Waals surface area contributed by atoms with Gasteiger partial charge in [0, 0.05) is 29.1 Å². The Bertz CT molecular complexity index is 2420. The zero-order valence-corrected chi connectivity index (χ0v) is 36.7. The number of ether oxygens (including phenoxy) is 2. The third-order valence-electron chi connectivity index (χ3n) is 11.0. The van der Waals surface area contributed by atoms with E-state index in [1.54, 1.807) is 32.1 Å². The van der Waals surface area contributed by atoms with Gasteiger partial charge in [0.05, 0.1) is 45.9 Å². The third-order valence-corrected chi connectivity index (χ3v) is 14.6. The lowest BCUT2D eigenvalue weighted by Crippen LogP contribution is -2.52. The largest absolute Gasteiger partial charge is 0.465 e. The molecule has 0 bridgehead atoms. The minimum Gasteiger partial charge on any atom is -0.465 e. The van der Waals surface area contributed by atoms with Gasteiger partial charge in [0.1, 0.15) is 0 Å². The number of carbonyl (C=O) groups is 2. The van der Waals surface area contributed by atoms with Crippen LogP contribution in [0, 0.1) is 5.41 Å². The van der Waals surface area contributed by atoms with Crippen molar-refractivity contribution in [1.82, 2.24) is 0 Å². The van der Waals surface area contributed by atoms with E-state index in [1.165, 1.54) is 23.9 Å². The van der Waals surface area contributed by atoms with Crippen molar-refractivity contribution in [1.29, 1.82) is 0 Å². The van der Waals surface area contributed by atoms with Gasteiger partial charge in [0.25, 0.3) is 30.4 Å². The number of nitrogens with zero attached hydrogens (tertiary/aromatic N) is 2. The monoisotopic (exact) mass is 894 g/mol. The molecule has 0 radical (unpaired) electrons. The maximum Gasteiger partial charge on any atom is 0.324 e. The number of para-hydroxylation sites is 1. The molecule has 322 valence electrons. The number of carbonyl (C=O) groups excluding carboxylic acids is 2. The van der Waals surface area contributed by atoms with Crippen LogP contribution in [0.25, 0.3) is 0 Å². The van der Waals surface area contributed by atoms with E-state index < -0.39 is 70.2 Å². The second-order valence-corrected chi connectivity index (χ2v) is 20.9. The summed E-state index contributed by atoms with van der Waals surface area (Å²) in [5.41, 5.74) is -0.575. The van der Waals surface area contributed by atoms with Crippen LogP contribution in [-0.4, -0.2) is 94.2 Å². The molecule has 2 aromatic rings. The first-order valence-electron chi connectivity index (χ1n) is 19.0.